The monoisotopic (exact) mass is 476 g/mol. The molecule has 1 saturated heterocycles. The predicted octanol–water partition coefficient (Wildman–Crippen LogP) is 2.68. The Labute approximate surface area is 192 Å². The number of alkyl halides is 3. The summed E-state index contributed by atoms with van der Waals surface area (Å²) >= 11 is 0. The highest BCUT2D eigenvalue weighted by molar-refractivity contribution is 5.92. The molecule has 1 amide bonds. The van der Waals surface area contributed by atoms with E-state index < -0.39 is 11.7 Å². The lowest BCUT2D eigenvalue weighted by atomic mass is 10.1. The van der Waals surface area contributed by atoms with Crippen molar-refractivity contribution < 1.29 is 22.5 Å². The lowest BCUT2D eigenvalue weighted by Gasteiger charge is -2.33. The maximum atomic E-state index is 12.9. The van der Waals surface area contributed by atoms with E-state index in [0.29, 0.717) is 39.3 Å². The first-order valence-electron chi connectivity index (χ1n) is 10.8. The molecule has 0 atom stereocenters. The van der Waals surface area contributed by atoms with Crippen molar-refractivity contribution in [1.82, 2.24) is 29.7 Å². The third kappa shape index (κ3) is 5.33. The van der Waals surface area contributed by atoms with E-state index in [1.807, 2.05) is 11.8 Å². The van der Waals surface area contributed by atoms with E-state index in [-0.39, 0.29) is 34.4 Å². The summed E-state index contributed by atoms with van der Waals surface area (Å²) in [4.78, 5) is 32.5. The molecule has 180 valence electrons. The number of rotatable bonds is 6. The van der Waals surface area contributed by atoms with Gasteiger partial charge in [-0.15, -0.1) is 0 Å². The van der Waals surface area contributed by atoms with Crippen LogP contribution in [0.25, 0.3) is 11.4 Å². The number of piperazine rings is 1. The van der Waals surface area contributed by atoms with Crippen molar-refractivity contribution in [3.05, 3.63) is 63.9 Å². The molecule has 3 heterocycles. The summed E-state index contributed by atoms with van der Waals surface area (Å²) in [5.74, 6) is 0.123. The first-order valence-corrected chi connectivity index (χ1v) is 10.8. The molecule has 1 aliphatic rings. The van der Waals surface area contributed by atoms with Gasteiger partial charge < -0.3 is 9.42 Å². The molecule has 9 nitrogen and oxygen atoms in total. The second kappa shape index (κ2) is 9.75. The zero-order valence-corrected chi connectivity index (χ0v) is 18.5. The highest BCUT2D eigenvalue weighted by Crippen LogP contribution is 2.31. The SMILES string of the molecule is CCCn1nc(C(=O)N2CCN(Cc3nc(-c4cccc(C(F)(F)F)c4)no3)CC2)ccc1=O. The minimum atomic E-state index is -4.46. The standard InChI is InChI=1S/C22H23F3N6O3/c1-2-8-31-19(32)7-6-17(27-31)21(33)30-11-9-29(10-12-30)14-18-26-20(28-34-18)15-4-3-5-16(13-15)22(23,24)25/h3-7,13H,2,8-12,14H2,1H3. The van der Waals surface area contributed by atoms with Crippen LogP contribution in [0.15, 0.2) is 45.7 Å². The fourth-order valence-electron chi connectivity index (χ4n) is 3.67. The Balaban J connectivity index is 1.35. The molecule has 0 aliphatic carbocycles. The van der Waals surface area contributed by atoms with Crippen molar-refractivity contribution >= 4 is 5.91 Å². The second-order valence-corrected chi connectivity index (χ2v) is 7.94. The van der Waals surface area contributed by atoms with Crippen LogP contribution in [0.5, 0.6) is 0 Å². The summed E-state index contributed by atoms with van der Waals surface area (Å²) in [6.07, 6.45) is -3.73. The van der Waals surface area contributed by atoms with Gasteiger partial charge >= 0.3 is 6.18 Å². The number of benzene rings is 1. The number of carbonyl (C=O) groups excluding carboxylic acids is 1. The van der Waals surface area contributed by atoms with E-state index in [4.69, 9.17) is 4.52 Å². The van der Waals surface area contributed by atoms with E-state index in [1.165, 1.54) is 28.9 Å². The summed E-state index contributed by atoms with van der Waals surface area (Å²) in [6, 6.07) is 7.55. The molecule has 12 heteroatoms. The second-order valence-electron chi connectivity index (χ2n) is 7.94. The van der Waals surface area contributed by atoms with Gasteiger partial charge in [0.2, 0.25) is 11.7 Å². The van der Waals surface area contributed by atoms with E-state index in [1.54, 1.807) is 4.90 Å². The van der Waals surface area contributed by atoms with Crippen LogP contribution < -0.4 is 5.56 Å². The Morgan fingerprint density at radius 1 is 1.12 bits per heavy atom. The van der Waals surface area contributed by atoms with Crippen LogP contribution in [-0.4, -0.2) is 61.8 Å². The molecular formula is C22H23F3N6O3. The molecule has 4 rings (SSSR count). The molecule has 0 spiro atoms. The molecule has 0 unspecified atom stereocenters. The van der Waals surface area contributed by atoms with Crippen molar-refractivity contribution in [2.45, 2.75) is 32.6 Å². The Morgan fingerprint density at radius 3 is 2.59 bits per heavy atom. The first kappa shape index (κ1) is 23.6. The number of carbonyl (C=O) groups is 1. The number of nitrogens with zero attached hydrogens (tertiary/aromatic N) is 6. The smallest absolute Gasteiger partial charge is 0.338 e. The van der Waals surface area contributed by atoms with Gasteiger partial charge in [0.1, 0.15) is 5.69 Å². The number of halogens is 3. The van der Waals surface area contributed by atoms with Gasteiger partial charge in [-0.1, -0.05) is 24.2 Å². The topological polar surface area (TPSA) is 97.4 Å². The van der Waals surface area contributed by atoms with E-state index in [0.717, 1.165) is 18.6 Å². The number of hydrogen-bond donors (Lipinski definition) is 0. The van der Waals surface area contributed by atoms with E-state index in [2.05, 4.69) is 15.2 Å². The molecule has 0 saturated carbocycles. The molecule has 2 aromatic heterocycles. The molecule has 3 aromatic rings. The van der Waals surface area contributed by atoms with Gasteiger partial charge in [0.15, 0.2) is 0 Å². The van der Waals surface area contributed by atoms with Crippen LogP contribution in [0.2, 0.25) is 0 Å². The molecule has 0 radical (unpaired) electrons. The Kier molecular flexibility index (Phi) is 6.77. The van der Waals surface area contributed by atoms with Crippen LogP contribution in [-0.2, 0) is 19.3 Å². The zero-order valence-electron chi connectivity index (χ0n) is 18.5. The highest BCUT2D eigenvalue weighted by atomic mass is 19.4. The lowest BCUT2D eigenvalue weighted by molar-refractivity contribution is -0.137. The number of aryl methyl sites for hydroxylation is 1. The third-order valence-corrected chi connectivity index (χ3v) is 5.46. The average molecular weight is 476 g/mol. The molecule has 1 aromatic carbocycles. The lowest BCUT2D eigenvalue weighted by Crippen LogP contribution is -2.48. The fourth-order valence-corrected chi connectivity index (χ4v) is 3.67. The van der Waals surface area contributed by atoms with Crippen molar-refractivity contribution in [2.75, 3.05) is 26.2 Å². The van der Waals surface area contributed by atoms with Crippen molar-refractivity contribution in [3.8, 4) is 11.4 Å². The van der Waals surface area contributed by atoms with Crippen LogP contribution in [0.3, 0.4) is 0 Å². The van der Waals surface area contributed by atoms with Gasteiger partial charge in [0, 0.05) is 44.4 Å². The van der Waals surface area contributed by atoms with E-state index >= 15 is 0 Å². The van der Waals surface area contributed by atoms with Gasteiger partial charge in [-0.05, 0) is 24.6 Å². The van der Waals surface area contributed by atoms with Gasteiger partial charge in [-0.2, -0.15) is 23.3 Å². The normalized spacial score (nSPS) is 15.0. The molecule has 34 heavy (non-hydrogen) atoms. The number of hydrogen-bond acceptors (Lipinski definition) is 7. The molecule has 0 bridgehead atoms. The molecule has 0 N–H and O–H groups in total. The number of amides is 1. The summed E-state index contributed by atoms with van der Waals surface area (Å²) in [5.41, 5.74) is -0.578. The Bertz CT molecular complexity index is 1210. The first-order chi connectivity index (χ1) is 16.2. The Morgan fingerprint density at radius 2 is 1.88 bits per heavy atom. The van der Waals surface area contributed by atoms with Crippen molar-refractivity contribution in [3.63, 3.8) is 0 Å². The summed E-state index contributed by atoms with van der Waals surface area (Å²) in [7, 11) is 0. The highest BCUT2D eigenvalue weighted by Gasteiger charge is 2.31. The summed E-state index contributed by atoms with van der Waals surface area (Å²) in [6.45, 7) is 4.66. The molecular weight excluding hydrogens is 453 g/mol. The third-order valence-electron chi connectivity index (χ3n) is 5.46. The molecule has 1 aliphatic heterocycles. The number of aromatic nitrogens is 4. The van der Waals surface area contributed by atoms with Gasteiger partial charge in [-0.3, -0.25) is 14.5 Å². The Hall–Kier alpha value is -3.54. The van der Waals surface area contributed by atoms with Crippen LogP contribution in [0, 0.1) is 0 Å². The van der Waals surface area contributed by atoms with Crippen LogP contribution >= 0.6 is 0 Å². The van der Waals surface area contributed by atoms with E-state index in [9.17, 15) is 22.8 Å². The van der Waals surface area contributed by atoms with Crippen LogP contribution in [0.1, 0.15) is 35.3 Å². The largest absolute Gasteiger partial charge is 0.416 e. The fraction of sp³-hybridized carbons (Fsp3) is 0.409. The minimum absolute atomic E-state index is 0.0863. The van der Waals surface area contributed by atoms with Gasteiger partial charge in [0.25, 0.3) is 11.5 Å². The zero-order chi connectivity index (χ0) is 24.3. The predicted molar refractivity (Wildman–Crippen MR) is 115 cm³/mol. The van der Waals surface area contributed by atoms with Gasteiger partial charge in [-0.25, -0.2) is 4.68 Å². The van der Waals surface area contributed by atoms with Gasteiger partial charge in [0.05, 0.1) is 12.1 Å². The van der Waals surface area contributed by atoms with Crippen molar-refractivity contribution in [2.24, 2.45) is 0 Å². The van der Waals surface area contributed by atoms with Crippen LogP contribution in [0.4, 0.5) is 13.2 Å². The average Bonchev–Trinajstić information content (AvgIpc) is 3.29. The van der Waals surface area contributed by atoms with Crippen molar-refractivity contribution in [1.29, 1.82) is 0 Å². The summed E-state index contributed by atoms with van der Waals surface area (Å²) < 4.78 is 45.4. The minimum Gasteiger partial charge on any atom is -0.338 e. The quantitative estimate of drug-likeness (QED) is 0.540. The maximum Gasteiger partial charge on any atom is 0.416 e. The summed E-state index contributed by atoms with van der Waals surface area (Å²) in [5, 5.41) is 7.98. The maximum absolute atomic E-state index is 12.9. The molecule has 1 fully saturated rings.